The van der Waals surface area contributed by atoms with E-state index in [1.54, 1.807) is 0 Å². The molecule has 0 bridgehead atoms. The Labute approximate surface area is 323 Å². The summed E-state index contributed by atoms with van der Waals surface area (Å²) in [6.45, 7) is 0. The van der Waals surface area contributed by atoms with Gasteiger partial charge in [0.15, 0.2) is 5.82 Å². The minimum atomic E-state index is 0.675. The van der Waals surface area contributed by atoms with Gasteiger partial charge in [0.2, 0.25) is 0 Å². The predicted octanol–water partition coefficient (Wildman–Crippen LogP) is 14.3. The molecule has 3 heterocycles. The van der Waals surface area contributed by atoms with E-state index in [2.05, 4.69) is 133 Å². The van der Waals surface area contributed by atoms with Gasteiger partial charge >= 0.3 is 0 Å². The first-order chi connectivity index (χ1) is 27.7. The third-order valence-corrected chi connectivity index (χ3v) is 10.7. The zero-order valence-electron chi connectivity index (χ0n) is 30.2. The molecule has 0 atom stereocenters. The number of para-hydroxylation sites is 3. The molecular formula is C52H32N2O2. The molecule has 4 nitrogen and oxygen atoms in total. The van der Waals surface area contributed by atoms with Crippen molar-refractivity contribution in [3.63, 3.8) is 0 Å². The van der Waals surface area contributed by atoms with Crippen molar-refractivity contribution in [2.24, 2.45) is 0 Å². The summed E-state index contributed by atoms with van der Waals surface area (Å²) < 4.78 is 12.8. The Balaban J connectivity index is 1.16. The number of furan rings is 2. The summed E-state index contributed by atoms with van der Waals surface area (Å²) in [5, 5.41) is 4.40. The smallest absolute Gasteiger partial charge is 0.160 e. The molecule has 56 heavy (non-hydrogen) atoms. The Morgan fingerprint density at radius 3 is 1.55 bits per heavy atom. The summed E-state index contributed by atoms with van der Waals surface area (Å²) in [6.07, 6.45) is 0. The van der Waals surface area contributed by atoms with Crippen molar-refractivity contribution < 1.29 is 8.83 Å². The van der Waals surface area contributed by atoms with Gasteiger partial charge < -0.3 is 8.83 Å². The second-order valence-corrected chi connectivity index (χ2v) is 14.1. The fourth-order valence-corrected chi connectivity index (χ4v) is 8.01. The normalized spacial score (nSPS) is 11.6. The number of nitrogens with zero attached hydrogens (tertiary/aromatic N) is 2. The van der Waals surface area contributed by atoms with Gasteiger partial charge in [-0.2, -0.15) is 0 Å². The van der Waals surface area contributed by atoms with Crippen LogP contribution in [0.15, 0.2) is 203 Å². The molecule has 262 valence electrons. The molecule has 4 heteroatoms. The van der Waals surface area contributed by atoms with Crippen LogP contribution in [0.3, 0.4) is 0 Å². The van der Waals surface area contributed by atoms with Crippen LogP contribution >= 0.6 is 0 Å². The van der Waals surface area contributed by atoms with Crippen molar-refractivity contribution >= 4 is 43.9 Å². The highest BCUT2D eigenvalue weighted by atomic mass is 16.3. The lowest BCUT2D eigenvalue weighted by atomic mass is 9.89. The topological polar surface area (TPSA) is 52.1 Å². The lowest BCUT2D eigenvalue weighted by molar-refractivity contribution is 0.669. The van der Waals surface area contributed by atoms with E-state index >= 15 is 0 Å². The molecule has 0 saturated carbocycles. The Morgan fingerprint density at radius 1 is 0.286 bits per heavy atom. The van der Waals surface area contributed by atoms with Crippen molar-refractivity contribution in [1.29, 1.82) is 0 Å². The third kappa shape index (κ3) is 5.47. The maximum Gasteiger partial charge on any atom is 0.160 e. The summed E-state index contributed by atoms with van der Waals surface area (Å²) in [5.41, 5.74) is 14.6. The molecule has 11 aromatic rings. The third-order valence-electron chi connectivity index (χ3n) is 10.7. The highest BCUT2D eigenvalue weighted by molar-refractivity contribution is 6.10. The van der Waals surface area contributed by atoms with E-state index in [0.29, 0.717) is 5.82 Å². The molecule has 0 aliphatic heterocycles. The number of aromatic nitrogens is 2. The van der Waals surface area contributed by atoms with Crippen LogP contribution in [0, 0.1) is 0 Å². The van der Waals surface area contributed by atoms with Crippen LogP contribution in [-0.4, -0.2) is 9.97 Å². The maximum absolute atomic E-state index is 6.61. The molecule has 3 aromatic heterocycles. The molecule has 0 N–H and O–H groups in total. The molecule has 0 saturated heterocycles. The van der Waals surface area contributed by atoms with Crippen LogP contribution in [0.5, 0.6) is 0 Å². The van der Waals surface area contributed by atoms with Crippen molar-refractivity contribution in [3.8, 4) is 67.3 Å². The lowest BCUT2D eigenvalue weighted by Crippen LogP contribution is -1.96. The van der Waals surface area contributed by atoms with Crippen LogP contribution in [0.1, 0.15) is 0 Å². The largest absolute Gasteiger partial charge is 0.456 e. The average molecular weight is 717 g/mol. The van der Waals surface area contributed by atoms with Crippen molar-refractivity contribution in [2.75, 3.05) is 0 Å². The fraction of sp³-hybridized carbons (Fsp3) is 0. The van der Waals surface area contributed by atoms with E-state index in [1.807, 2.05) is 60.7 Å². The van der Waals surface area contributed by atoms with Crippen LogP contribution < -0.4 is 0 Å². The van der Waals surface area contributed by atoms with E-state index < -0.39 is 0 Å². The van der Waals surface area contributed by atoms with Gasteiger partial charge in [0.1, 0.15) is 22.3 Å². The molecule has 0 aliphatic carbocycles. The van der Waals surface area contributed by atoms with Gasteiger partial charge in [-0.05, 0) is 76.3 Å². The first-order valence-electron chi connectivity index (χ1n) is 18.8. The van der Waals surface area contributed by atoms with E-state index in [4.69, 9.17) is 18.8 Å². The van der Waals surface area contributed by atoms with Gasteiger partial charge in [0, 0.05) is 43.8 Å². The van der Waals surface area contributed by atoms with Crippen LogP contribution in [-0.2, 0) is 0 Å². The molecule has 0 aliphatic rings. The summed E-state index contributed by atoms with van der Waals surface area (Å²) in [5.74, 6) is 0.675. The molecule has 11 rings (SSSR count). The average Bonchev–Trinajstić information content (AvgIpc) is 3.85. The Kier molecular flexibility index (Phi) is 7.46. The number of fused-ring (bicyclic) bond motifs is 6. The first kappa shape index (κ1) is 31.9. The quantitative estimate of drug-likeness (QED) is 0.172. The minimum Gasteiger partial charge on any atom is -0.456 e. The number of rotatable bonds is 6. The molecule has 0 fully saturated rings. The number of hydrogen-bond donors (Lipinski definition) is 0. The summed E-state index contributed by atoms with van der Waals surface area (Å²) in [6, 6.07) is 67.5. The van der Waals surface area contributed by atoms with Gasteiger partial charge in [-0.15, -0.1) is 0 Å². The zero-order valence-corrected chi connectivity index (χ0v) is 30.2. The van der Waals surface area contributed by atoms with Gasteiger partial charge in [-0.1, -0.05) is 146 Å². The highest BCUT2D eigenvalue weighted by Crippen LogP contribution is 2.42. The summed E-state index contributed by atoms with van der Waals surface area (Å²) >= 11 is 0. The van der Waals surface area contributed by atoms with E-state index in [0.717, 1.165) is 105 Å². The van der Waals surface area contributed by atoms with Gasteiger partial charge in [-0.25, -0.2) is 9.97 Å². The van der Waals surface area contributed by atoms with Crippen molar-refractivity contribution in [2.45, 2.75) is 0 Å². The van der Waals surface area contributed by atoms with Crippen LogP contribution in [0.4, 0.5) is 0 Å². The summed E-state index contributed by atoms with van der Waals surface area (Å²) in [7, 11) is 0. The SMILES string of the molecule is c1ccc(-c2cc(-c3cc(-c4ccccc4-c4ccc5oc6ccccc6c5c4)cc(-c4cccc5c4oc4ccccc45)c3)nc(-c3ccccc3)n2)cc1. The van der Waals surface area contributed by atoms with Crippen molar-refractivity contribution in [1.82, 2.24) is 9.97 Å². The molecule has 0 unspecified atom stereocenters. The number of hydrogen-bond acceptors (Lipinski definition) is 4. The Bertz CT molecular complexity index is 3190. The van der Waals surface area contributed by atoms with Gasteiger partial charge in [-0.3, -0.25) is 0 Å². The molecule has 8 aromatic carbocycles. The van der Waals surface area contributed by atoms with E-state index in [-0.39, 0.29) is 0 Å². The minimum absolute atomic E-state index is 0.675. The molecule has 0 spiro atoms. The highest BCUT2D eigenvalue weighted by Gasteiger charge is 2.18. The van der Waals surface area contributed by atoms with Crippen molar-refractivity contribution in [3.05, 3.63) is 194 Å². The lowest BCUT2D eigenvalue weighted by Gasteiger charge is -2.15. The van der Waals surface area contributed by atoms with Crippen LogP contribution in [0.25, 0.3) is 111 Å². The second kappa shape index (κ2) is 13.1. The molecular weight excluding hydrogens is 685 g/mol. The Hall–Kier alpha value is -7.56. The fourth-order valence-electron chi connectivity index (χ4n) is 8.01. The van der Waals surface area contributed by atoms with Gasteiger partial charge in [0.05, 0.1) is 11.4 Å². The zero-order chi connectivity index (χ0) is 37.0. The molecule has 0 amide bonds. The molecule has 0 radical (unpaired) electrons. The van der Waals surface area contributed by atoms with Gasteiger partial charge in [0.25, 0.3) is 0 Å². The van der Waals surface area contributed by atoms with Crippen LogP contribution in [0.2, 0.25) is 0 Å². The predicted molar refractivity (Wildman–Crippen MR) is 229 cm³/mol. The second-order valence-electron chi connectivity index (χ2n) is 14.1. The summed E-state index contributed by atoms with van der Waals surface area (Å²) in [4.78, 5) is 10.3. The maximum atomic E-state index is 6.61. The van der Waals surface area contributed by atoms with E-state index in [9.17, 15) is 0 Å². The monoisotopic (exact) mass is 716 g/mol. The first-order valence-corrected chi connectivity index (χ1v) is 18.8. The number of benzene rings is 8. The van der Waals surface area contributed by atoms with E-state index in [1.165, 1.54) is 0 Å². The standard InChI is InChI=1S/C52H32N2O2/c1-3-14-33(15-4-1)46-32-47(54-52(53-46)34-16-5-2-6-17-34)38-29-36(28-37(30-38)41-22-13-23-44-42-20-9-12-25-49(42)56-51(41)44)40-19-8-7-18-39(40)35-26-27-50-45(31-35)43-21-10-11-24-48(43)55-50/h1-32H. The Morgan fingerprint density at radius 2 is 0.804 bits per heavy atom.